The number of nitrogens with zero attached hydrogens (tertiary/aromatic N) is 1. The van der Waals surface area contributed by atoms with Crippen molar-refractivity contribution in [2.45, 2.75) is 18.8 Å². The predicted molar refractivity (Wildman–Crippen MR) is 67.3 cm³/mol. The van der Waals surface area contributed by atoms with Crippen molar-refractivity contribution in [2.75, 3.05) is 31.6 Å². The Morgan fingerprint density at radius 1 is 1.19 bits per heavy atom. The molecule has 1 aliphatic heterocycles. The molecule has 2 atom stereocenters. The summed E-state index contributed by atoms with van der Waals surface area (Å²) < 4.78 is 0. The van der Waals surface area contributed by atoms with Crippen molar-refractivity contribution in [2.24, 2.45) is 5.92 Å². The van der Waals surface area contributed by atoms with Gasteiger partial charge in [0.2, 0.25) is 0 Å². The first-order chi connectivity index (χ1) is 7.63. The highest BCUT2D eigenvalue weighted by molar-refractivity contribution is 5.66. The maximum Gasteiger partial charge on any atom is 0.0550 e. The second-order valence-electron chi connectivity index (χ2n) is 5.40. The fourth-order valence-corrected chi connectivity index (χ4v) is 3.38. The average Bonchev–Trinajstić information content (AvgIpc) is 2.21. The summed E-state index contributed by atoms with van der Waals surface area (Å²) in [6, 6.07) is 4.19. The second kappa shape index (κ2) is 3.39. The molecular weight excluding hydrogens is 198 g/mol. The molecular formula is C13H19N3. The van der Waals surface area contributed by atoms with E-state index in [4.69, 9.17) is 11.5 Å². The maximum absolute atomic E-state index is 5.91. The third-order valence-electron chi connectivity index (χ3n) is 4.01. The third kappa shape index (κ3) is 1.47. The van der Waals surface area contributed by atoms with E-state index in [1.165, 1.54) is 30.5 Å². The molecule has 2 bridgehead atoms. The van der Waals surface area contributed by atoms with E-state index in [1.54, 1.807) is 0 Å². The number of hydrogen-bond acceptors (Lipinski definition) is 3. The van der Waals surface area contributed by atoms with Gasteiger partial charge in [0.15, 0.2) is 0 Å². The molecule has 1 fully saturated rings. The number of nitrogens with two attached hydrogens (primary N) is 2. The highest BCUT2D eigenvalue weighted by Crippen LogP contribution is 2.40. The van der Waals surface area contributed by atoms with E-state index < -0.39 is 0 Å². The van der Waals surface area contributed by atoms with E-state index in [0.717, 1.165) is 23.8 Å². The summed E-state index contributed by atoms with van der Waals surface area (Å²) in [5.74, 6) is 1.47. The van der Waals surface area contributed by atoms with Crippen LogP contribution in [0.3, 0.4) is 0 Å². The third-order valence-corrected chi connectivity index (χ3v) is 4.01. The van der Waals surface area contributed by atoms with Gasteiger partial charge in [-0.05, 0) is 55.0 Å². The Morgan fingerprint density at radius 2 is 1.94 bits per heavy atom. The van der Waals surface area contributed by atoms with Crippen LogP contribution in [-0.4, -0.2) is 25.0 Å². The lowest BCUT2D eigenvalue weighted by Gasteiger charge is -2.41. The molecule has 1 aromatic carbocycles. The molecule has 3 rings (SSSR count). The summed E-state index contributed by atoms with van der Waals surface area (Å²) >= 11 is 0. The summed E-state index contributed by atoms with van der Waals surface area (Å²) in [6.45, 7) is 2.38. The average molecular weight is 217 g/mol. The van der Waals surface area contributed by atoms with Crippen LogP contribution >= 0.6 is 0 Å². The fraction of sp³-hybridized carbons (Fsp3) is 0.538. The molecule has 2 aliphatic rings. The molecule has 0 aromatic heterocycles. The first-order valence-corrected chi connectivity index (χ1v) is 6.00. The SMILES string of the molecule is CN1CC2Cc3cc(N)c(N)cc3C(C2)C1. The number of fused-ring (bicyclic) bond motifs is 4. The molecule has 4 N–H and O–H groups in total. The van der Waals surface area contributed by atoms with E-state index in [1.807, 2.05) is 0 Å². The van der Waals surface area contributed by atoms with Crippen molar-refractivity contribution in [1.29, 1.82) is 0 Å². The molecule has 3 nitrogen and oxygen atoms in total. The molecule has 2 unspecified atom stereocenters. The van der Waals surface area contributed by atoms with E-state index in [0.29, 0.717) is 5.92 Å². The zero-order valence-electron chi connectivity index (χ0n) is 9.74. The van der Waals surface area contributed by atoms with E-state index in [-0.39, 0.29) is 0 Å². The second-order valence-corrected chi connectivity index (χ2v) is 5.40. The molecule has 16 heavy (non-hydrogen) atoms. The van der Waals surface area contributed by atoms with Gasteiger partial charge >= 0.3 is 0 Å². The molecule has 0 spiro atoms. The van der Waals surface area contributed by atoms with Crippen molar-refractivity contribution in [1.82, 2.24) is 4.90 Å². The van der Waals surface area contributed by atoms with Gasteiger partial charge in [-0.3, -0.25) is 0 Å². The largest absolute Gasteiger partial charge is 0.397 e. The van der Waals surface area contributed by atoms with Crippen LogP contribution in [0.4, 0.5) is 11.4 Å². The minimum atomic E-state index is 0.662. The van der Waals surface area contributed by atoms with Crippen molar-refractivity contribution in [3.63, 3.8) is 0 Å². The van der Waals surface area contributed by atoms with E-state index in [2.05, 4.69) is 24.1 Å². The van der Waals surface area contributed by atoms with E-state index in [9.17, 15) is 0 Å². The number of likely N-dealkylation sites (N-methyl/N-ethyl adjacent to an activating group) is 1. The van der Waals surface area contributed by atoms with Crippen LogP contribution in [0.15, 0.2) is 12.1 Å². The van der Waals surface area contributed by atoms with Crippen LogP contribution in [0.1, 0.15) is 23.5 Å². The number of piperidine rings is 1. The van der Waals surface area contributed by atoms with Gasteiger partial charge in [0, 0.05) is 13.1 Å². The first kappa shape index (κ1) is 9.97. The molecule has 3 heteroatoms. The number of likely N-dealkylation sites (tertiary alicyclic amines) is 1. The van der Waals surface area contributed by atoms with Gasteiger partial charge in [-0.2, -0.15) is 0 Å². The van der Waals surface area contributed by atoms with Gasteiger partial charge < -0.3 is 16.4 Å². The molecule has 0 saturated carbocycles. The quantitative estimate of drug-likeness (QED) is 0.647. The molecule has 1 aromatic rings. The summed E-state index contributed by atoms with van der Waals surface area (Å²) in [7, 11) is 2.21. The van der Waals surface area contributed by atoms with Crippen molar-refractivity contribution >= 4 is 11.4 Å². The highest BCUT2D eigenvalue weighted by Gasteiger charge is 2.32. The van der Waals surface area contributed by atoms with Gasteiger partial charge in [0.1, 0.15) is 0 Å². The molecule has 1 saturated heterocycles. The van der Waals surface area contributed by atoms with Crippen molar-refractivity contribution in [3.05, 3.63) is 23.3 Å². The smallest absolute Gasteiger partial charge is 0.0550 e. The zero-order valence-corrected chi connectivity index (χ0v) is 9.74. The van der Waals surface area contributed by atoms with Crippen LogP contribution in [-0.2, 0) is 6.42 Å². The van der Waals surface area contributed by atoms with Crippen LogP contribution in [0.5, 0.6) is 0 Å². The number of nitrogen functional groups attached to an aromatic ring is 2. The van der Waals surface area contributed by atoms with Crippen molar-refractivity contribution < 1.29 is 0 Å². The minimum absolute atomic E-state index is 0.662. The zero-order chi connectivity index (χ0) is 11.3. The molecule has 86 valence electrons. The molecule has 1 aliphatic carbocycles. The fourth-order valence-electron chi connectivity index (χ4n) is 3.38. The Labute approximate surface area is 96.4 Å². The number of hydrogen-bond donors (Lipinski definition) is 2. The normalized spacial score (nSPS) is 28.8. The first-order valence-electron chi connectivity index (χ1n) is 6.00. The van der Waals surface area contributed by atoms with Crippen molar-refractivity contribution in [3.8, 4) is 0 Å². The van der Waals surface area contributed by atoms with Crippen LogP contribution < -0.4 is 11.5 Å². The van der Waals surface area contributed by atoms with Crippen LogP contribution in [0, 0.1) is 5.92 Å². The maximum atomic E-state index is 5.91. The minimum Gasteiger partial charge on any atom is -0.397 e. The van der Waals surface area contributed by atoms with Crippen LogP contribution in [0.25, 0.3) is 0 Å². The van der Waals surface area contributed by atoms with Gasteiger partial charge in [-0.1, -0.05) is 0 Å². The Hall–Kier alpha value is -1.22. The predicted octanol–water partition coefficient (Wildman–Crippen LogP) is 1.44. The number of benzene rings is 1. The van der Waals surface area contributed by atoms with Gasteiger partial charge in [-0.25, -0.2) is 0 Å². The molecule has 1 heterocycles. The Morgan fingerprint density at radius 3 is 2.75 bits per heavy atom. The summed E-state index contributed by atoms with van der Waals surface area (Å²) in [4.78, 5) is 2.44. The van der Waals surface area contributed by atoms with Gasteiger partial charge in [0.05, 0.1) is 11.4 Å². The van der Waals surface area contributed by atoms with Crippen LogP contribution in [0.2, 0.25) is 0 Å². The Balaban J connectivity index is 2.05. The number of anilines is 2. The summed E-state index contributed by atoms with van der Waals surface area (Å²) in [6.07, 6.45) is 2.49. The lowest BCUT2D eigenvalue weighted by Crippen LogP contribution is -2.40. The Kier molecular flexibility index (Phi) is 2.11. The van der Waals surface area contributed by atoms with E-state index >= 15 is 0 Å². The Bertz CT molecular complexity index is 427. The summed E-state index contributed by atoms with van der Waals surface area (Å²) in [5.41, 5.74) is 16.2. The standard InChI is InChI=1S/C13H19N3/c1-16-6-8-2-9-4-12(14)13(15)5-11(9)10(3-8)7-16/h4-5,8,10H,2-3,6-7,14-15H2,1H3. The highest BCUT2D eigenvalue weighted by atomic mass is 15.1. The van der Waals surface area contributed by atoms with Gasteiger partial charge in [-0.15, -0.1) is 0 Å². The topological polar surface area (TPSA) is 55.3 Å². The molecule has 0 radical (unpaired) electrons. The summed E-state index contributed by atoms with van der Waals surface area (Å²) in [5, 5.41) is 0. The lowest BCUT2D eigenvalue weighted by molar-refractivity contribution is 0.175. The number of rotatable bonds is 0. The molecule has 0 amide bonds. The monoisotopic (exact) mass is 217 g/mol. The lowest BCUT2D eigenvalue weighted by atomic mass is 9.74. The van der Waals surface area contributed by atoms with Gasteiger partial charge in [0.25, 0.3) is 0 Å².